The van der Waals surface area contributed by atoms with Crippen molar-refractivity contribution < 1.29 is 26.4 Å². The summed E-state index contributed by atoms with van der Waals surface area (Å²) >= 11 is 0. The highest BCUT2D eigenvalue weighted by molar-refractivity contribution is 7.60. The summed E-state index contributed by atoms with van der Waals surface area (Å²) in [5, 5.41) is 3.49. The molecular formula is C10H11F3N2O3S. The summed E-state index contributed by atoms with van der Waals surface area (Å²) in [6.07, 6.45) is -4.37. The predicted molar refractivity (Wildman–Crippen MR) is 62.3 cm³/mol. The van der Waals surface area contributed by atoms with Crippen LogP contribution in [0, 0.1) is 4.78 Å². The number of alkyl halides is 3. The molecule has 0 radical (unpaired) electrons. The third kappa shape index (κ3) is 6.55. The van der Waals surface area contributed by atoms with Gasteiger partial charge >= 0.3 is 16.7 Å². The van der Waals surface area contributed by atoms with Crippen molar-refractivity contribution in [3.63, 3.8) is 0 Å². The van der Waals surface area contributed by atoms with Crippen molar-refractivity contribution in [3.05, 3.63) is 35.4 Å². The maximum atomic E-state index is 12.6. The van der Waals surface area contributed by atoms with Crippen LogP contribution in [0.15, 0.2) is 29.4 Å². The Hall–Kier alpha value is -1.90. The Morgan fingerprint density at radius 2 is 1.79 bits per heavy atom. The first-order valence-corrected chi connectivity index (χ1v) is 5.82. The van der Waals surface area contributed by atoms with E-state index < -0.39 is 22.2 Å². The van der Waals surface area contributed by atoms with Crippen LogP contribution >= 0.6 is 0 Å². The smallest absolute Gasteiger partial charge is 0.399 e. The molecule has 5 nitrogen and oxygen atoms in total. The molecule has 106 valence electrons. The zero-order valence-electron chi connectivity index (χ0n) is 10.0. The fourth-order valence-corrected chi connectivity index (χ4v) is 1.23. The molecule has 0 aromatic heterocycles. The summed E-state index contributed by atoms with van der Waals surface area (Å²) in [6.45, 7) is 1.47. The van der Waals surface area contributed by atoms with Gasteiger partial charge in [-0.2, -0.15) is 26.4 Å². The lowest BCUT2D eigenvalue weighted by Crippen LogP contribution is -2.11. The molecule has 1 rings (SSSR count). The molecule has 0 unspecified atom stereocenters. The first-order valence-electron chi connectivity index (χ1n) is 4.75. The summed E-state index contributed by atoms with van der Waals surface area (Å²) in [5.74, 6) is 0. The van der Waals surface area contributed by atoms with Gasteiger partial charge in [-0.05, 0) is 13.0 Å². The van der Waals surface area contributed by atoms with Crippen molar-refractivity contribution in [2.75, 3.05) is 7.11 Å². The molecule has 0 saturated heterocycles. The lowest BCUT2D eigenvalue weighted by molar-refractivity contribution is -0.137. The molecule has 1 aromatic carbocycles. The second-order valence-electron chi connectivity index (χ2n) is 3.14. The van der Waals surface area contributed by atoms with E-state index in [4.69, 9.17) is 13.2 Å². The second-order valence-corrected chi connectivity index (χ2v) is 3.61. The Morgan fingerprint density at radius 1 is 1.32 bits per heavy atom. The van der Waals surface area contributed by atoms with Gasteiger partial charge in [-0.1, -0.05) is 23.4 Å². The second kappa shape index (κ2) is 7.52. The standard InChI is InChI=1S/C10H10F3NO.HNO2S/c1-7(14-15-2)8-5-3-4-6-9(8)10(11,12)13;1-4(2)3/h3-6H,1-2H3;1H/b14-7+;. The maximum Gasteiger partial charge on any atom is 0.417 e. The van der Waals surface area contributed by atoms with Gasteiger partial charge in [0.25, 0.3) is 0 Å². The Balaban J connectivity index is 0.000000711. The van der Waals surface area contributed by atoms with Crippen molar-refractivity contribution in [2.24, 2.45) is 5.16 Å². The summed E-state index contributed by atoms with van der Waals surface area (Å²) in [4.78, 5) is 4.45. The summed E-state index contributed by atoms with van der Waals surface area (Å²) in [6, 6.07) is 5.25. The van der Waals surface area contributed by atoms with Gasteiger partial charge in [0.05, 0.1) is 11.3 Å². The third-order valence-corrected chi connectivity index (χ3v) is 1.85. The van der Waals surface area contributed by atoms with Crippen LogP contribution in [0.1, 0.15) is 18.1 Å². The summed E-state index contributed by atoms with van der Waals surface area (Å²) in [7, 11) is -1.32. The van der Waals surface area contributed by atoms with Crippen LogP contribution < -0.4 is 0 Å². The number of halogens is 3. The monoisotopic (exact) mass is 296 g/mol. The molecular weight excluding hydrogens is 285 g/mol. The average Bonchev–Trinajstić information content (AvgIpc) is 2.27. The number of hydrogen-bond acceptors (Lipinski definition) is 5. The molecule has 0 aliphatic carbocycles. The van der Waals surface area contributed by atoms with E-state index in [2.05, 4.69) is 9.99 Å². The Kier molecular flexibility index (Phi) is 6.76. The highest BCUT2D eigenvalue weighted by Gasteiger charge is 2.33. The molecule has 0 aliphatic rings. The minimum Gasteiger partial charge on any atom is -0.399 e. The number of hydrogen-bond donors (Lipinski definition) is 1. The average molecular weight is 296 g/mol. The van der Waals surface area contributed by atoms with Crippen LogP contribution in [-0.4, -0.2) is 21.2 Å². The first kappa shape index (κ1) is 17.1. The lowest BCUT2D eigenvalue weighted by atomic mass is 10.0. The van der Waals surface area contributed by atoms with E-state index >= 15 is 0 Å². The highest BCUT2D eigenvalue weighted by atomic mass is 32.2. The highest BCUT2D eigenvalue weighted by Crippen LogP contribution is 2.32. The first-order chi connectivity index (χ1) is 8.70. The van der Waals surface area contributed by atoms with Crippen LogP contribution in [0.2, 0.25) is 0 Å². The molecule has 0 fully saturated rings. The van der Waals surface area contributed by atoms with Gasteiger partial charge in [0.15, 0.2) is 0 Å². The Morgan fingerprint density at radius 3 is 2.21 bits per heavy atom. The molecule has 0 saturated carbocycles. The fourth-order valence-electron chi connectivity index (χ4n) is 1.23. The van der Waals surface area contributed by atoms with Gasteiger partial charge in [-0.3, -0.25) is 0 Å². The summed E-state index contributed by atoms with van der Waals surface area (Å²) in [5.41, 5.74) is -0.472. The van der Waals surface area contributed by atoms with E-state index in [-0.39, 0.29) is 11.3 Å². The molecule has 0 aliphatic heterocycles. The van der Waals surface area contributed by atoms with E-state index in [1.807, 2.05) is 0 Å². The van der Waals surface area contributed by atoms with Crippen LogP contribution in [0.3, 0.4) is 0 Å². The molecule has 19 heavy (non-hydrogen) atoms. The summed E-state index contributed by atoms with van der Waals surface area (Å²) < 4.78 is 60.5. The molecule has 0 heterocycles. The van der Waals surface area contributed by atoms with Crippen molar-refractivity contribution >= 4 is 16.2 Å². The molecule has 1 N–H and O–H groups in total. The zero-order chi connectivity index (χ0) is 15.1. The number of nitrogens with zero attached hydrogens (tertiary/aromatic N) is 1. The minimum absolute atomic E-state index is 0.0341. The Bertz CT molecular complexity index is 546. The van der Waals surface area contributed by atoms with Gasteiger partial charge in [0.1, 0.15) is 7.11 Å². The van der Waals surface area contributed by atoms with Gasteiger partial charge in [0, 0.05) is 5.56 Å². The lowest BCUT2D eigenvalue weighted by Gasteiger charge is -2.11. The fraction of sp³-hybridized carbons (Fsp3) is 0.300. The van der Waals surface area contributed by atoms with Gasteiger partial charge in [0.2, 0.25) is 0 Å². The number of oxime groups is 1. The van der Waals surface area contributed by atoms with Gasteiger partial charge in [-0.15, -0.1) is 0 Å². The minimum atomic E-state index is -4.37. The largest absolute Gasteiger partial charge is 0.417 e. The molecule has 0 bridgehead atoms. The Labute approximate surface area is 109 Å². The number of nitrogens with one attached hydrogen (secondary N) is 1. The van der Waals surface area contributed by atoms with Crippen LogP contribution in [0.4, 0.5) is 13.2 Å². The SMILES string of the molecule is CO/N=C(\C)c1ccccc1C(F)(F)F.N=S(=O)=O. The number of rotatable bonds is 2. The molecule has 0 spiro atoms. The van der Waals surface area contributed by atoms with Crippen molar-refractivity contribution in [2.45, 2.75) is 13.1 Å². The molecule has 0 atom stereocenters. The number of benzene rings is 1. The van der Waals surface area contributed by atoms with E-state index in [1.54, 1.807) is 0 Å². The zero-order valence-corrected chi connectivity index (χ0v) is 10.8. The van der Waals surface area contributed by atoms with E-state index in [9.17, 15) is 13.2 Å². The maximum absolute atomic E-state index is 12.6. The van der Waals surface area contributed by atoms with Crippen LogP contribution in [0.5, 0.6) is 0 Å². The van der Waals surface area contributed by atoms with Crippen molar-refractivity contribution in [1.82, 2.24) is 0 Å². The van der Waals surface area contributed by atoms with E-state index in [1.165, 1.54) is 32.2 Å². The van der Waals surface area contributed by atoms with Crippen LogP contribution in [-0.2, 0) is 21.5 Å². The van der Waals surface area contributed by atoms with Crippen molar-refractivity contribution in [3.8, 4) is 0 Å². The van der Waals surface area contributed by atoms with E-state index in [0.29, 0.717) is 0 Å². The molecule has 0 amide bonds. The topological polar surface area (TPSA) is 79.6 Å². The third-order valence-electron chi connectivity index (χ3n) is 1.85. The quantitative estimate of drug-likeness (QED) is 0.673. The normalized spacial score (nSPS) is 11.3. The van der Waals surface area contributed by atoms with E-state index in [0.717, 1.165) is 6.07 Å². The van der Waals surface area contributed by atoms with Gasteiger partial charge in [-0.25, -0.2) is 0 Å². The predicted octanol–water partition coefficient (Wildman–Crippen LogP) is 2.70. The molecule has 9 heteroatoms. The van der Waals surface area contributed by atoms with Gasteiger partial charge < -0.3 is 4.84 Å². The van der Waals surface area contributed by atoms with Crippen LogP contribution in [0.25, 0.3) is 0 Å². The van der Waals surface area contributed by atoms with Crippen molar-refractivity contribution in [1.29, 1.82) is 4.78 Å². The molecule has 1 aromatic rings.